The van der Waals surface area contributed by atoms with E-state index in [0.29, 0.717) is 12.2 Å². The largest absolute Gasteiger partial charge is 0.326 e. The van der Waals surface area contributed by atoms with E-state index in [1.54, 1.807) is 11.8 Å². The number of carbonyl (C=O) groups excluding carboxylic acids is 2. The summed E-state index contributed by atoms with van der Waals surface area (Å²) in [5.41, 5.74) is 6.19. The van der Waals surface area contributed by atoms with Crippen LogP contribution in [0.25, 0.3) is 0 Å². The lowest BCUT2D eigenvalue weighted by molar-refractivity contribution is -0.116. The minimum atomic E-state index is -0.00958. The lowest BCUT2D eigenvalue weighted by Gasteiger charge is -2.12. The van der Waals surface area contributed by atoms with Crippen molar-refractivity contribution in [3.8, 4) is 0 Å². The molecule has 0 aliphatic rings. The van der Waals surface area contributed by atoms with Crippen LogP contribution in [0, 0.1) is 27.7 Å². The summed E-state index contributed by atoms with van der Waals surface area (Å²) in [6.07, 6.45) is 1.21. The molecular formula is C22H28N2O2S. The molecular weight excluding hydrogens is 356 g/mol. The van der Waals surface area contributed by atoms with Gasteiger partial charge in [0.25, 0.3) is 0 Å². The first kappa shape index (κ1) is 21.0. The van der Waals surface area contributed by atoms with E-state index in [4.69, 9.17) is 0 Å². The van der Waals surface area contributed by atoms with Gasteiger partial charge >= 0.3 is 0 Å². The van der Waals surface area contributed by atoms with Gasteiger partial charge < -0.3 is 10.6 Å². The summed E-state index contributed by atoms with van der Waals surface area (Å²) in [4.78, 5) is 24.2. The van der Waals surface area contributed by atoms with E-state index in [1.165, 1.54) is 5.56 Å². The molecule has 5 heteroatoms. The van der Waals surface area contributed by atoms with Crippen molar-refractivity contribution in [3.63, 3.8) is 0 Å². The fourth-order valence-electron chi connectivity index (χ4n) is 2.98. The van der Waals surface area contributed by atoms with Gasteiger partial charge in [0.1, 0.15) is 0 Å². The van der Waals surface area contributed by atoms with Gasteiger partial charge in [0, 0.05) is 17.8 Å². The maximum Gasteiger partial charge on any atom is 0.234 e. The van der Waals surface area contributed by atoms with Gasteiger partial charge in [-0.25, -0.2) is 0 Å². The van der Waals surface area contributed by atoms with Crippen LogP contribution in [0.15, 0.2) is 36.4 Å². The Kier molecular flexibility index (Phi) is 7.92. The maximum atomic E-state index is 12.2. The van der Waals surface area contributed by atoms with Crippen LogP contribution in [0.2, 0.25) is 0 Å². The highest BCUT2D eigenvalue weighted by atomic mass is 32.2. The van der Waals surface area contributed by atoms with Gasteiger partial charge in [-0.15, -0.1) is 0 Å². The predicted molar refractivity (Wildman–Crippen MR) is 116 cm³/mol. The Morgan fingerprint density at radius 3 is 2.22 bits per heavy atom. The predicted octanol–water partition coefficient (Wildman–Crippen LogP) is 5.01. The summed E-state index contributed by atoms with van der Waals surface area (Å²) in [7, 11) is 0. The fraction of sp³-hybridized carbons (Fsp3) is 0.364. The van der Waals surface area contributed by atoms with Crippen molar-refractivity contribution in [2.45, 2.75) is 40.5 Å². The number of hydrogen-bond donors (Lipinski definition) is 2. The number of carbonyl (C=O) groups is 2. The summed E-state index contributed by atoms with van der Waals surface area (Å²) < 4.78 is 0. The minimum Gasteiger partial charge on any atom is -0.326 e. The molecule has 144 valence electrons. The Hall–Kier alpha value is -2.27. The molecule has 0 bridgehead atoms. The molecule has 0 saturated heterocycles. The summed E-state index contributed by atoms with van der Waals surface area (Å²) in [6, 6.07) is 11.9. The first-order chi connectivity index (χ1) is 12.9. The molecule has 2 N–H and O–H groups in total. The summed E-state index contributed by atoms with van der Waals surface area (Å²) in [6.45, 7) is 8.05. The highest BCUT2D eigenvalue weighted by Crippen LogP contribution is 2.22. The van der Waals surface area contributed by atoms with E-state index < -0.39 is 0 Å². The van der Waals surface area contributed by atoms with Gasteiger partial charge in [-0.3, -0.25) is 9.59 Å². The highest BCUT2D eigenvalue weighted by Gasteiger charge is 2.09. The lowest BCUT2D eigenvalue weighted by Crippen LogP contribution is -2.16. The van der Waals surface area contributed by atoms with Gasteiger partial charge in [-0.1, -0.05) is 35.9 Å². The van der Waals surface area contributed by atoms with Crippen LogP contribution < -0.4 is 10.6 Å². The molecule has 0 aliphatic heterocycles. The Morgan fingerprint density at radius 2 is 1.56 bits per heavy atom. The minimum absolute atomic E-state index is 0.00958. The molecule has 27 heavy (non-hydrogen) atoms. The van der Waals surface area contributed by atoms with E-state index in [-0.39, 0.29) is 11.8 Å². The molecule has 2 aromatic rings. The number of nitrogens with one attached hydrogen (secondary N) is 2. The van der Waals surface area contributed by atoms with E-state index in [2.05, 4.69) is 29.7 Å². The molecule has 0 spiro atoms. The summed E-state index contributed by atoms with van der Waals surface area (Å²) >= 11 is 1.55. The average Bonchev–Trinajstić information content (AvgIpc) is 2.60. The van der Waals surface area contributed by atoms with Crippen molar-refractivity contribution < 1.29 is 9.59 Å². The number of para-hydroxylation sites is 1. The molecule has 0 unspecified atom stereocenters. The van der Waals surface area contributed by atoms with Gasteiger partial charge in [-0.2, -0.15) is 11.8 Å². The molecule has 2 amide bonds. The number of amides is 2. The molecule has 0 radical (unpaired) electrons. The van der Waals surface area contributed by atoms with Crippen molar-refractivity contribution in [2.24, 2.45) is 0 Å². The first-order valence-corrected chi connectivity index (χ1v) is 10.3. The quantitative estimate of drug-likeness (QED) is 0.629. The van der Waals surface area contributed by atoms with Crippen molar-refractivity contribution in [1.82, 2.24) is 0 Å². The Bertz CT molecular complexity index is 795. The molecule has 4 nitrogen and oxygen atoms in total. The van der Waals surface area contributed by atoms with Crippen LogP contribution in [0.3, 0.4) is 0 Å². The third-order valence-electron chi connectivity index (χ3n) is 4.29. The normalized spacial score (nSPS) is 10.5. The van der Waals surface area contributed by atoms with Crippen LogP contribution in [0.1, 0.15) is 35.1 Å². The molecule has 0 aromatic heterocycles. The molecule has 0 fully saturated rings. The van der Waals surface area contributed by atoms with Crippen molar-refractivity contribution in [3.05, 3.63) is 58.7 Å². The summed E-state index contributed by atoms with van der Waals surface area (Å²) in [5, 5.41) is 5.94. The van der Waals surface area contributed by atoms with Crippen LogP contribution in [0.4, 0.5) is 11.4 Å². The second-order valence-corrected chi connectivity index (χ2v) is 7.95. The molecule has 0 aliphatic carbocycles. The van der Waals surface area contributed by atoms with E-state index in [9.17, 15) is 9.59 Å². The Balaban J connectivity index is 1.67. The second-order valence-electron chi connectivity index (χ2n) is 6.84. The summed E-state index contributed by atoms with van der Waals surface area (Å²) in [5.74, 6) is 1.19. The third-order valence-corrected chi connectivity index (χ3v) is 5.33. The fourth-order valence-corrected chi connectivity index (χ4v) is 3.73. The zero-order valence-electron chi connectivity index (χ0n) is 16.5. The van der Waals surface area contributed by atoms with Gasteiger partial charge in [0.15, 0.2) is 0 Å². The first-order valence-electron chi connectivity index (χ1n) is 9.17. The smallest absolute Gasteiger partial charge is 0.234 e. The zero-order chi connectivity index (χ0) is 19.8. The van der Waals surface area contributed by atoms with Crippen molar-refractivity contribution in [1.29, 1.82) is 0 Å². The zero-order valence-corrected chi connectivity index (χ0v) is 17.3. The Labute approximate surface area is 166 Å². The van der Waals surface area contributed by atoms with E-state index in [0.717, 1.165) is 40.2 Å². The standard InChI is InChI=1S/C22H28N2O2S/c1-15-12-17(3)22(18(4)13-15)24-20(25)10-7-11-27-14-21(26)23-19-9-6-5-8-16(19)2/h5-6,8-9,12-13H,7,10-11,14H2,1-4H3,(H,23,26)(H,24,25). The van der Waals surface area contributed by atoms with E-state index in [1.807, 2.05) is 45.0 Å². The number of hydrogen-bond acceptors (Lipinski definition) is 3. The van der Waals surface area contributed by atoms with Crippen molar-refractivity contribution >= 4 is 35.0 Å². The average molecular weight is 385 g/mol. The maximum absolute atomic E-state index is 12.2. The SMILES string of the molecule is Cc1cc(C)c(NC(=O)CCCSCC(=O)Nc2ccccc2C)c(C)c1. The van der Waals surface area contributed by atoms with Gasteiger partial charge in [0.2, 0.25) is 11.8 Å². The third kappa shape index (κ3) is 6.75. The second kappa shape index (κ2) is 10.2. The van der Waals surface area contributed by atoms with Gasteiger partial charge in [-0.05, 0) is 62.6 Å². The molecule has 0 atom stereocenters. The lowest BCUT2D eigenvalue weighted by atomic mass is 10.0. The molecule has 2 rings (SSSR count). The molecule has 2 aromatic carbocycles. The van der Waals surface area contributed by atoms with Gasteiger partial charge in [0.05, 0.1) is 5.75 Å². The topological polar surface area (TPSA) is 58.2 Å². The number of thioether (sulfide) groups is 1. The van der Waals surface area contributed by atoms with E-state index >= 15 is 0 Å². The number of rotatable bonds is 8. The molecule has 0 saturated carbocycles. The number of anilines is 2. The number of aryl methyl sites for hydroxylation is 4. The van der Waals surface area contributed by atoms with Crippen LogP contribution >= 0.6 is 11.8 Å². The van der Waals surface area contributed by atoms with Crippen molar-refractivity contribution in [2.75, 3.05) is 22.1 Å². The Morgan fingerprint density at radius 1 is 0.889 bits per heavy atom. The highest BCUT2D eigenvalue weighted by molar-refractivity contribution is 7.99. The van der Waals surface area contributed by atoms with Crippen LogP contribution in [0.5, 0.6) is 0 Å². The van der Waals surface area contributed by atoms with Crippen LogP contribution in [-0.2, 0) is 9.59 Å². The molecule has 0 heterocycles. The monoisotopic (exact) mass is 384 g/mol. The van der Waals surface area contributed by atoms with Crippen LogP contribution in [-0.4, -0.2) is 23.3 Å². The number of benzene rings is 2.